The molecule has 0 aliphatic rings. The molecule has 32 heavy (non-hydrogen) atoms. The highest BCUT2D eigenvalue weighted by Crippen LogP contribution is 2.19. The number of aromatic nitrogens is 2. The molecule has 2 amide bonds. The summed E-state index contributed by atoms with van der Waals surface area (Å²) in [5.41, 5.74) is 1.37. The number of amides is 2. The third-order valence-corrected chi connectivity index (χ3v) is 5.09. The molecule has 4 rings (SSSR count). The third kappa shape index (κ3) is 4.61. The van der Waals surface area contributed by atoms with E-state index >= 15 is 0 Å². The van der Waals surface area contributed by atoms with E-state index in [4.69, 9.17) is 11.6 Å². The summed E-state index contributed by atoms with van der Waals surface area (Å²) in [6.45, 7) is -0.0542. The van der Waals surface area contributed by atoms with Gasteiger partial charge in [0.25, 0.3) is 11.8 Å². The van der Waals surface area contributed by atoms with Crippen molar-refractivity contribution in [2.45, 2.75) is 6.10 Å². The van der Waals surface area contributed by atoms with Crippen LogP contribution in [0.3, 0.4) is 0 Å². The van der Waals surface area contributed by atoms with E-state index < -0.39 is 23.7 Å². The first kappa shape index (κ1) is 21.5. The number of aliphatic hydroxyl groups is 1. The number of benzene rings is 2. The van der Waals surface area contributed by atoms with Crippen molar-refractivity contribution in [2.75, 3.05) is 11.9 Å². The van der Waals surface area contributed by atoms with E-state index in [0.29, 0.717) is 16.2 Å². The lowest BCUT2D eigenvalue weighted by molar-refractivity contribution is 0.0915. The number of anilines is 1. The first-order valence-corrected chi connectivity index (χ1v) is 10.0. The van der Waals surface area contributed by atoms with Crippen molar-refractivity contribution in [3.05, 3.63) is 101 Å². The molecule has 9 heteroatoms. The molecule has 2 aromatic carbocycles. The minimum Gasteiger partial charge on any atom is -0.387 e. The molecular formula is C23H18ClFN4O3. The molecule has 7 nitrogen and oxygen atoms in total. The van der Waals surface area contributed by atoms with Gasteiger partial charge in [0.05, 0.1) is 18.0 Å². The standard InChI is InChI=1S/C23H18ClFN4O3/c24-16-7-4-14(5-8-16)20(30)13-27-22(31)15-6-9-17(25)18(11-15)28-23(32)19-12-26-21-3-1-2-10-29(19)21/h1-12,20,30H,13H2,(H,27,31)(H,28,32). The summed E-state index contributed by atoms with van der Waals surface area (Å²) in [5.74, 6) is -1.79. The van der Waals surface area contributed by atoms with Crippen LogP contribution in [0.4, 0.5) is 10.1 Å². The molecule has 1 atom stereocenters. The van der Waals surface area contributed by atoms with Gasteiger partial charge in [-0.2, -0.15) is 0 Å². The molecule has 2 heterocycles. The monoisotopic (exact) mass is 452 g/mol. The Hall–Kier alpha value is -3.75. The predicted octanol–water partition coefficient (Wildman–Crippen LogP) is 3.84. The Morgan fingerprint density at radius 3 is 2.66 bits per heavy atom. The van der Waals surface area contributed by atoms with Crippen molar-refractivity contribution in [3.8, 4) is 0 Å². The number of carbonyl (C=O) groups excluding carboxylic acids is 2. The Morgan fingerprint density at radius 1 is 1.09 bits per heavy atom. The zero-order valence-corrected chi connectivity index (χ0v) is 17.4. The van der Waals surface area contributed by atoms with Crippen LogP contribution in [0.15, 0.2) is 73.1 Å². The number of halogens is 2. The molecule has 3 N–H and O–H groups in total. The maximum absolute atomic E-state index is 14.3. The lowest BCUT2D eigenvalue weighted by atomic mass is 10.1. The highest BCUT2D eigenvalue weighted by Gasteiger charge is 2.17. The van der Waals surface area contributed by atoms with Gasteiger partial charge in [0, 0.05) is 23.3 Å². The lowest BCUT2D eigenvalue weighted by Crippen LogP contribution is -2.28. The molecule has 0 saturated heterocycles. The lowest BCUT2D eigenvalue weighted by Gasteiger charge is -2.13. The highest BCUT2D eigenvalue weighted by atomic mass is 35.5. The molecule has 0 fully saturated rings. The Bertz CT molecular complexity index is 1290. The average Bonchev–Trinajstić information content (AvgIpc) is 3.23. The first-order chi connectivity index (χ1) is 15.4. The van der Waals surface area contributed by atoms with Crippen molar-refractivity contribution in [2.24, 2.45) is 0 Å². The molecule has 0 bridgehead atoms. The van der Waals surface area contributed by atoms with Crippen LogP contribution in [-0.2, 0) is 0 Å². The van der Waals surface area contributed by atoms with Gasteiger partial charge in [-0.05, 0) is 48.0 Å². The van der Waals surface area contributed by atoms with Gasteiger partial charge in [-0.3, -0.25) is 14.0 Å². The van der Waals surface area contributed by atoms with E-state index in [1.807, 2.05) is 0 Å². The van der Waals surface area contributed by atoms with Crippen molar-refractivity contribution in [3.63, 3.8) is 0 Å². The molecule has 1 unspecified atom stereocenters. The van der Waals surface area contributed by atoms with Gasteiger partial charge < -0.3 is 15.7 Å². The van der Waals surface area contributed by atoms with Crippen LogP contribution < -0.4 is 10.6 Å². The maximum atomic E-state index is 14.3. The normalized spacial score (nSPS) is 11.8. The number of pyridine rings is 1. The summed E-state index contributed by atoms with van der Waals surface area (Å²) in [5, 5.41) is 15.8. The first-order valence-electron chi connectivity index (χ1n) is 9.67. The van der Waals surface area contributed by atoms with E-state index in [9.17, 15) is 19.1 Å². The zero-order valence-electron chi connectivity index (χ0n) is 16.6. The third-order valence-electron chi connectivity index (χ3n) is 4.84. The van der Waals surface area contributed by atoms with Gasteiger partial charge in [0.1, 0.15) is 17.2 Å². The fourth-order valence-corrected chi connectivity index (χ4v) is 3.27. The number of hydrogen-bond acceptors (Lipinski definition) is 4. The Kier molecular flexibility index (Phi) is 6.16. The van der Waals surface area contributed by atoms with Gasteiger partial charge in [0.15, 0.2) is 0 Å². The second-order valence-electron chi connectivity index (χ2n) is 7.00. The molecule has 162 valence electrons. The van der Waals surface area contributed by atoms with Crippen LogP contribution in [0, 0.1) is 5.82 Å². The van der Waals surface area contributed by atoms with Crippen molar-refractivity contribution >= 4 is 34.7 Å². The Morgan fingerprint density at radius 2 is 1.88 bits per heavy atom. The maximum Gasteiger partial charge on any atom is 0.274 e. The summed E-state index contributed by atoms with van der Waals surface area (Å²) in [4.78, 5) is 29.3. The minimum absolute atomic E-state index is 0.0542. The quantitative estimate of drug-likeness (QED) is 0.414. The van der Waals surface area contributed by atoms with Crippen molar-refractivity contribution in [1.29, 1.82) is 0 Å². The summed E-state index contributed by atoms with van der Waals surface area (Å²) in [7, 11) is 0. The minimum atomic E-state index is -0.939. The highest BCUT2D eigenvalue weighted by molar-refractivity contribution is 6.30. The molecule has 0 saturated carbocycles. The van der Waals surface area contributed by atoms with Crippen LogP contribution in [0.5, 0.6) is 0 Å². The van der Waals surface area contributed by atoms with Crippen LogP contribution in [-0.4, -0.2) is 32.9 Å². The van der Waals surface area contributed by atoms with Gasteiger partial charge in [-0.15, -0.1) is 0 Å². The summed E-state index contributed by atoms with van der Waals surface area (Å²) >= 11 is 5.83. The number of nitrogens with zero attached hydrogens (tertiary/aromatic N) is 2. The number of hydrogen-bond donors (Lipinski definition) is 3. The molecule has 0 spiro atoms. The van der Waals surface area contributed by atoms with E-state index in [-0.39, 0.29) is 23.5 Å². The molecule has 0 aliphatic carbocycles. The van der Waals surface area contributed by atoms with Crippen molar-refractivity contribution in [1.82, 2.24) is 14.7 Å². The largest absolute Gasteiger partial charge is 0.387 e. The molecule has 2 aromatic heterocycles. The summed E-state index contributed by atoms with van der Waals surface area (Å²) in [6, 6.07) is 15.5. The second-order valence-corrected chi connectivity index (χ2v) is 7.43. The van der Waals surface area contributed by atoms with E-state index in [1.54, 1.807) is 53.1 Å². The number of rotatable bonds is 6. The summed E-state index contributed by atoms with van der Waals surface area (Å²) in [6.07, 6.45) is 2.12. The second kappa shape index (κ2) is 9.17. The SMILES string of the molecule is O=C(NCC(O)c1ccc(Cl)cc1)c1ccc(F)c(NC(=O)c2cnc3ccccn23)c1. The van der Waals surface area contributed by atoms with Crippen LogP contribution in [0.2, 0.25) is 5.02 Å². The molecular weight excluding hydrogens is 435 g/mol. The topological polar surface area (TPSA) is 95.7 Å². The molecule has 4 aromatic rings. The van der Waals surface area contributed by atoms with Crippen molar-refractivity contribution < 1.29 is 19.1 Å². The van der Waals surface area contributed by atoms with E-state index in [2.05, 4.69) is 15.6 Å². The molecule has 0 aliphatic heterocycles. The number of nitrogens with one attached hydrogen (secondary N) is 2. The van der Waals surface area contributed by atoms with Gasteiger partial charge in [-0.1, -0.05) is 29.8 Å². The Labute approximate surface area is 187 Å². The number of imidazole rings is 1. The van der Waals surface area contributed by atoms with Gasteiger partial charge in [-0.25, -0.2) is 9.37 Å². The zero-order chi connectivity index (χ0) is 22.7. The van der Waals surface area contributed by atoms with Crippen LogP contribution in [0.25, 0.3) is 5.65 Å². The van der Waals surface area contributed by atoms with Crippen LogP contribution in [0.1, 0.15) is 32.5 Å². The van der Waals surface area contributed by atoms with E-state index in [0.717, 1.165) is 6.07 Å². The van der Waals surface area contributed by atoms with Crippen LogP contribution >= 0.6 is 11.6 Å². The smallest absolute Gasteiger partial charge is 0.274 e. The average molecular weight is 453 g/mol. The molecule has 0 radical (unpaired) electrons. The fourth-order valence-electron chi connectivity index (χ4n) is 3.14. The Balaban J connectivity index is 1.45. The fraction of sp³-hybridized carbons (Fsp3) is 0.0870. The van der Waals surface area contributed by atoms with Gasteiger partial charge in [0.2, 0.25) is 0 Å². The number of carbonyl (C=O) groups is 2. The summed E-state index contributed by atoms with van der Waals surface area (Å²) < 4.78 is 15.9. The number of aliphatic hydroxyl groups excluding tert-OH is 1. The predicted molar refractivity (Wildman–Crippen MR) is 118 cm³/mol. The van der Waals surface area contributed by atoms with Gasteiger partial charge >= 0.3 is 0 Å². The van der Waals surface area contributed by atoms with E-state index in [1.165, 1.54) is 18.3 Å². The number of fused-ring (bicyclic) bond motifs is 1.